The molecule has 0 saturated carbocycles. The topological polar surface area (TPSA) is 29.1 Å². The van der Waals surface area contributed by atoms with Crippen LogP contribution in [0.1, 0.15) is 51.5 Å². The molecule has 1 rings (SSSR count). The van der Waals surface area contributed by atoms with Gasteiger partial charge in [-0.1, -0.05) is 50.6 Å². The van der Waals surface area contributed by atoms with Crippen LogP contribution in [0.15, 0.2) is 30.3 Å². The van der Waals surface area contributed by atoms with Crippen LogP contribution in [0.5, 0.6) is 0 Å². The maximum absolute atomic E-state index is 12.1. The van der Waals surface area contributed by atoms with Gasteiger partial charge in [-0.2, -0.15) is 0 Å². The largest absolute Gasteiger partial charge is 0.353 e. The highest BCUT2D eigenvalue weighted by Crippen LogP contribution is 2.19. The first kappa shape index (κ1) is 13.8. The molecule has 0 saturated heterocycles. The Bertz CT molecular complexity index is 334. The minimum Gasteiger partial charge on any atom is -0.353 e. The Morgan fingerprint density at radius 2 is 1.88 bits per heavy atom. The standard InChI is InChI=1S/C15H23NO/c1-4-9-12(3)16-15(17)14(5-2)13-10-7-6-8-11-13/h6-8,10-12,14H,4-5,9H2,1-3H3,(H,16,17)/t12-,14-/m1/s1. The first-order valence-corrected chi connectivity index (χ1v) is 6.54. The third kappa shape index (κ3) is 4.22. The maximum atomic E-state index is 12.1. The molecule has 17 heavy (non-hydrogen) atoms. The van der Waals surface area contributed by atoms with Gasteiger partial charge in [-0.15, -0.1) is 0 Å². The Morgan fingerprint density at radius 1 is 1.24 bits per heavy atom. The number of nitrogens with one attached hydrogen (secondary N) is 1. The van der Waals surface area contributed by atoms with Gasteiger partial charge in [0.05, 0.1) is 5.92 Å². The average molecular weight is 233 g/mol. The lowest BCUT2D eigenvalue weighted by Gasteiger charge is -2.19. The van der Waals surface area contributed by atoms with Crippen molar-refractivity contribution < 1.29 is 4.79 Å². The zero-order chi connectivity index (χ0) is 12.7. The molecule has 2 atom stereocenters. The molecule has 0 aromatic heterocycles. The Kier molecular flexibility index (Phi) is 5.75. The molecule has 0 aliphatic rings. The summed E-state index contributed by atoms with van der Waals surface area (Å²) < 4.78 is 0. The van der Waals surface area contributed by atoms with Gasteiger partial charge in [-0.3, -0.25) is 4.79 Å². The average Bonchev–Trinajstić information content (AvgIpc) is 2.31. The molecule has 0 fully saturated rings. The summed E-state index contributed by atoms with van der Waals surface area (Å²) in [5.74, 6) is 0.134. The molecule has 0 aliphatic heterocycles. The third-order valence-electron chi connectivity index (χ3n) is 3.04. The van der Waals surface area contributed by atoms with Crippen molar-refractivity contribution in [2.75, 3.05) is 0 Å². The molecule has 0 spiro atoms. The van der Waals surface area contributed by atoms with E-state index in [1.165, 1.54) is 0 Å². The number of rotatable bonds is 6. The van der Waals surface area contributed by atoms with E-state index >= 15 is 0 Å². The number of amides is 1. The van der Waals surface area contributed by atoms with E-state index in [2.05, 4.69) is 26.1 Å². The van der Waals surface area contributed by atoms with Crippen LogP contribution in [-0.2, 0) is 4.79 Å². The van der Waals surface area contributed by atoms with Crippen LogP contribution >= 0.6 is 0 Å². The zero-order valence-corrected chi connectivity index (χ0v) is 11.1. The zero-order valence-electron chi connectivity index (χ0n) is 11.1. The molecule has 0 radical (unpaired) electrons. The molecule has 94 valence electrons. The van der Waals surface area contributed by atoms with Crippen molar-refractivity contribution in [2.45, 2.75) is 52.0 Å². The van der Waals surface area contributed by atoms with E-state index in [9.17, 15) is 4.79 Å². The summed E-state index contributed by atoms with van der Waals surface area (Å²) in [5.41, 5.74) is 1.11. The van der Waals surface area contributed by atoms with E-state index in [0.717, 1.165) is 24.8 Å². The molecule has 2 heteroatoms. The van der Waals surface area contributed by atoms with Crippen LogP contribution in [0.25, 0.3) is 0 Å². The van der Waals surface area contributed by atoms with Gasteiger partial charge in [0.25, 0.3) is 0 Å². The van der Waals surface area contributed by atoms with Crippen molar-refractivity contribution in [1.29, 1.82) is 0 Å². The fourth-order valence-corrected chi connectivity index (χ4v) is 2.11. The predicted molar refractivity (Wildman–Crippen MR) is 72.0 cm³/mol. The van der Waals surface area contributed by atoms with Crippen LogP contribution in [0, 0.1) is 0 Å². The normalized spacial score (nSPS) is 14.1. The molecule has 1 N–H and O–H groups in total. The fraction of sp³-hybridized carbons (Fsp3) is 0.533. The Balaban J connectivity index is 2.65. The van der Waals surface area contributed by atoms with Gasteiger partial charge in [0.2, 0.25) is 5.91 Å². The van der Waals surface area contributed by atoms with Crippen molar-refractivity contribution in [1.82, 2.24) is 5.32 Å². The second-order valence-electron chi connectivity index (χ2n) is 4.57. The molecule has 1 aromatic rings. The number of benzene rings is 1. The summed E-state index contributed by atoms with van der Waals surface area (Å²) in [5, 5.41) is 3.09. The second-order valence-corrected chi connectivity index (χ2v) is 4.57. The van der Waals surface area contributed by atoms with Crippen molar-refractivity contribution in [3.8, 4) is 0 Å². The second kappa shape index (κ2) is 7.10. The monoisotopic (exact) mass is 233 g/mol. The molecule has 0 unspecified atom stereocenters. The lowest BCUT2D eigenvalue weighted by Crippen LogP contribution is -2.36. The number of hydrogen-bond acceptors (Lipinski definition) is 1. The summed E-state index contributed by atoms with van der Waals surface area (Å²) in [4.78, 5) is 12.1. The van der Waals surface area contributed by atoms with Crippen molar-refractivity contribution in [3.05, 3.63) is 35.9 Å². The molecule has 0 heterocycles. The third-order valence-corrected chi connectivity index (χ3v) is 3.04. The lowest BCUT2D eigenvalue weighted by molar-refractivity contribution is -0.123. The quantitative estimate of drug-likeness (QED) is 0.800. The highest BCUT2D eigenvalue weighted by atomic mass is 16.1. The van der Waals surface area contributed by atoms with Crippen molar-refractivity contribution in [3.63, 3.8) is 0 Å². The molecular weight excluding hydrogens is 210 g/mol. The Morgan fingerprint density at radius 3 is 2.41 bits per heavy atom. The SMILES string of the molecule is CCC[C@@H](C)NC(=O)[C@H](CC)c1ccccc1. The molecule has 1 amide bonds. The highest BCUT2D eigenvalue weighted by molar-refractivity contribution is 5.83. The van der Waals surface area contributed by atoms with Crippen LogP contribution < -0.4 is 5.32 Å². The minimum atomic E-state index is -0.0180. The molecule has 2 nitrogen and oxygen atoms in total. The van der Waals surface area contributed by atoms with Gasteiger partial charge in [0.1, 0.15) is 0 Å². The summed E-state index contributed by atoms with van der Waals surface area (Å²) in [6.45, 7) is 6.26. The molecule has 0 aliphatic carbocycles. The van der Waals surface area contributed by atoms with Gasteiger partial charge in [0.15, 0.2) is 0 Å². The lowest BCUT2D eigenvalue weighted by atomic mass is 9.95. The van der Waals surface area contributed by atoms with E-state index in [0.29, 0.717) is 0 Å². The van der Waals surface area contributed by atoms with Gasteiger partial charge in [-0.25, -0.2) is 0 Å². The summed E-state index contributed by atoms with van der Waals surface area (Å²) >= 11 is 0. The smallest absolute Gasteiger partial charge is 0.227 e. The molecule has 1 aromatic carbocycles. The van der Waals surface area contributed by atoms with Crippen LogP contribution in [0.2, 0.25) is 0 Å². The first-order chi connectivity index (χ1) is 8.19. The van der Waals surface area contributed by atoms with Crippen LogP contribution in [0.3, 0.4) is 0 Å². The van der Waals surface area contributed by atoms with Crippen LogP contribution in [0.4, 0.5) is 0 Å². The number of hydrogen-bond donors (Lipinski definition) is 1. The predicted octanol–water partition coefficient (Wildman–Crippen LogP) is 3.49. The van der Waals surface area contributed by atoms with E-state index in [1.54, 1.807) is 0 Å². The first-order valence-electron chi connectivity index (χ1n) is 6.54. The van der Waals surface area contributed by atoms with E-state index in [1.807, 2.05) is 30.3 Å². The summed E-state index contributed by atoms with van der Waals surface area (Å²) in [7, 11) is 0. The summed E-state index contributed by atoms with van der Waals surface area (Å²) in [6, 6.07) is 10.3. The molecular formula is C15H23NO. The van der Waals surface area contributed by atoms with Gasteiger partial charge < -0.3 is 5.32 Å². The van der Waals surface area contributed by atoms with Gasteiger partial charge in [0, 0.05) is 6.04 Å². The van der Waals surface area contributed by atoms with E-state index in [-0.39, 0.29) is 17.9 Å². The van der Waals surface area contributed by atoms with Gasteiger partial charge >= 0.3 is 0 Å². The maximum Gasteiger partial charge on any atom is 0.227 e. The number of carbonyl (C=O) groups is 1. The van der Waals surface area contributed by atoms with Crippen molar-refractivity contribution in [2.24, 2.45) is 0 Å². The summed E-state index contributed by atoms with van der Waals surface area (Å²) in [6.07, 6.45) is 2.98. The minimum absolute atomic E-state index is 0.0180. The molecule has 0 bridgehead atoms. The fourth-order valence-electron chi connectivity index (χ4n) is 2.11. The van der Waals surface area contributed by atoms with E-state index < -0.39 is 0 Å². The van der Waals surface area contributed by atoms with Gasteiger partial charge in [-0.05, 0) is 25.3 Å². The highest BCUT2D eigenvalue weighted by Gasteiger charge is 2.19. The van der Waals surface area contributed by atoms with Crippen LogP contribution in [-0.4, -0.2) is 11.9 Å². The Labute approximate surface area is 104 Å². The van der Waals surface area contributed by atoms with E-state index in [4.69, 9.17) is 0 Å². The Hall–Kier alpha value is -1.31. The number of carbonyl (C=O) groups excluding carboxylic acids is 1. The van der Waals surface area contributed by atoms with Crippen molar-refractivity contribution >= 4 is 5.91 Å².